The summed E-state index contributed by atoms with van der Waals surface area (Å²) in [4.78, 5) is 0. The van der Waals surface area contributed by atoms with Crippen molar-refractivity contribution < 1.29 is 13.9 Å². The van der Waals surface area contributed by atoms with Crippen LogP contribution < -0.4 is 5.32 Å². The minimum atomic E-state index is -0.312. The Morgan fingerprint density at radius 1 is 1.25 bits per heavy atom. The molecule has 2 heterocycles. The number of anilines is 1. The Bertz CT molecular complexity index is 471. The van der Waals surface area contributed by atoms with Crippen LogP contribution >= 0.6 is 11.6 Å². The number of benzene rings is 1. The Labute approximate surface area is 123 Å². The lowest BCUT2D eigenvalue weighted by atomic mass is 9.84. The number of hydrogen-bond donors (Lipinski definition) is 1. The smallest absolute Gasteiger partial charge is 0.124 e. The van der Waals surface area contributed by atoms with E-state index in [1.54, 1.807) is 6.07 Å². The molecule has 3 nitrogen and oxygen atoms in total. The van der Waals surface area contributed by atoms with E-state index in [1.165, 1.54) is 12.1 Å². The van der Waals surface area contributed by atoms with Crippen LogP contribution in [-0.4, -0.2) is 31.5 Å². The van der Waals surface area contributed by atoms with Gasteiger partial charge < -0.3 is 14.8 Å². The van der Waals surface area contributed by atoms with E-state index in [0.29, 0.717) is 11.1 Å². The van der Waals surface area contributed by atoms with E-state index >= 15 is 0 Å². The predicted octanol–water partition coefficient (Wildman–Crippen LogP) is 3.62. The van der Waals surface area contributed by atoms with Crippen molar-refractivity contribution in [3.8, 4) is 0 Å². The summed E-state index contributed by atoms with van der Waals surface area (Å²) in [7, 11) is 0. The largest absolute Gasteiger partial charge is 0.381 e. The van der Waals surface area contributed by atoms with Crippen LogP contribution in [0.25, 0.3) is 0 Å². The third-order valence-electron chi connectivity index (χ3n) is 4.19. The Morgan fingerprint density at radius 2 is 2.05 bits per heavy atom. The van der Waals surface area contributed by atoms with Gasteiger partial charge in [-0.05, 0) is 43.9 Å². The van der Waals surface area contributed by atoms with Gasteiger partial charge in [-0.25, -0.2) is 4.39 Å². The first kappa shape index (κ1) is 14.1. The molecule has 1 aromatic carbocycles. The van der Waals surface area contributed by atoms with Crippen LogP contribution in [0, 0.1) is 5.82 Å². The summed E-state index contributed by atoms with van der Waals surface area (Å²) in [5.41, 5.74) is 0.739. The van der Waals surface area contributed by atoms with E-state index in [0.717, 1.165) is 51.2 Å². The zero-order valence-electron chi connectivity index (χ0n) is 11.3. The Morgan fingerprint density at radius 3 is 2.80 bits per heavy atom. The van der Waals surface area contributed by atoms with Crippen molar-refractivity contribution in [1.82, 2.24) is 0 Å². The highest BCUT2D eigenvalue weighted by Gasteiger charge is 2.39. The van der Waals surface area contributed by atoms with Gasteiger partial charge in [-0.3, -0.25) is 0 Å². The quantitative estimate of drug-likeness (QED) is 0.905. The highest BCUT2D eigenvalue weighted by Crippen LogP contribution is 2.36. The molecule has 1 aromatic rings. The van der Waals surface area contributed by atoms with E-state index in [-0.39, 0.29) is 11.4 Å². The normalized spacial score (nSPS) is 25.6. The van der Waals surface area contributed by atoms with E-state index in [4.69, 9.17) is 21.1 Å². The third-order valence-corrected chi connectivity index (χ3v) is 4.50. The third kappa shape index (κ3) is 3.08. The van der Waals surface area contributed by atoms with Crippen LogP contribution in [0.3, 0.4) is 0 Å². The summed E-state index contributed by atoms with van der Waals surface area (Å²) in [6, 6.07) is 4.78. The van der Waals surface area contributed by atoms with Gasteiger partial charge in [0.1, 0.15) is 5.82 Å². The molecule has 20 heavy (non-hydrogen) atoms. The summed E-state index contributed by atoms with van der Waals surface area (Å²) in [5, 5.41) is 3.86. The first-order chi connectivity index (χ1) is 9.67. The molecule has 110 valence electrons. The second kappa shape index (κ2) is 5.88. The van der Waals surface area contributed by atoms with Gasteiger partial charge in [0.05, 0.1) is 16.3 Å². The van der Waals surface area contributed by atoms with Gasteiger partial charge >= 0.3 is 0 Å². The first-order valence-electron chi connectivity index (χ1n) is 7.10. The first-order valence-corrected chi connectivity index (χ1v) is 7.48. The molecule has 0 saturated carbocycles. The lowest BCUT2D eigenvalue weighted by Crippen LogP contribution is -2.47. The molecule has 2 aliphatic heterocycles. The lowest BCUT2D eigenvalue weighted by molar-refractivity contribution is -0.135. The average Bonchev–Trinajstić information content (AvgIpc) is 2.43. The molecule has 3 rings (SSSR count). The van der Waals surface area contributed by atoms with Crippen molar-refractivity contribution in [2.24, 2.45) is 0 Å². The average molecular weight is 300 g/mol. The van der Waals surface area contributed by atoms with Crippen LogP contribution in [0.4, 0.5) is 10.1 Å². The molecule has 0 amide bonds. The zero-order valence-corrected chi connectivity index (χ0v) is 12.1. The van der Waals surface area contributed by atoms with E-state index < -0.39 is 0 Å². The summed E-state index contributed by atoms with van der Waals surface area (Å²) >= 11 is 6.07. The summed E-state index contributed by atoms with van der Waals surface area (Å²) in [6.45, 7) is 2.28. The van der Waals surface area contributed by atoms with Gasteiger partial charge in [-0.2, -0.15) is 0 Å². The molecule has 2 fully saturated rings. The molecule has 1 spiro atoms. The molecule has 2 saturated heterocycles. The van der Waals surface area contributed by atoms with Gasteiger partial charge in [0, 0.05) is 25.9 Å². The highest BCUT2D eigenvalue weighted by molar-refractivity contribution is 6.33. The monoisotopic (exact) mass is 299 g/mol. The van der Waals surface area contributed by atoms with E-state index in [1.807, 2.05) is 0 Å². The van der Waals surface area contributed by atoms with Gasteiger partial charge in [0.25, 0.3) is 0 Å². The molecule has 1 atom stereocenters. The number of rotatable bonds is 2. The second-order valence-electron chi connectivity index (χ2n) is 5.60. The van der Waals surface area contributed by atoms with Crippen molar-refractivity contribution >= 4 is 17.3 Å². The maximum atomic E-state index is 13.1. The fraction of sp³-hybridized carbons (Fsp3) is 0.600. The van der Waals surface area contributed by atoms with Crippen LogP contribution in [0.5, 0.6) is 0 Å². The number of ether oxygens (including phenoxy) is 2. The SMILES string of the molecule is Fc1ccc(NC2CCOC3(CCOCC3)C2)c(Cl)c1. The van der Waals surface area contributed by atoms with E-state index in [9.17, 15) is 4.39 Å². The van der Waals surface area contributed by atoms with Crippen LogP contribution in [0.1, 0.15) is 25.7 Å². The molecular weight excluding hydrogens is 281 g/mol. The lowest BCUT2D eigenvalue weighted by Gasteiger charge is -2.43. The van der Waals surface area contributed by atoms with Gasteiger partial charge in [0.15, 0.2) is 0 Å². The van der Waals surface area contributed by atoms with Crippen molar-refractivity contribution in [2.75, 3.05) is 25.1 Å². The highest BCUT2D eigenvalue weighted by atomic mass is 35.5. The number of nitrogens with one attached hydrogen (secondary N) is 1. The Hall–Kier alpha value is -0.840. The second-order valence-corrected chi connectivity index (χ2v) is 6.01. The molecule has 0 radical (unpaired) electrons. The molecule has 1 unspecified atom stereocenters. The molecule has 1 N–H and O–H groups in total. The topological polar surface area (TPSA) is 30.5 Å². The molecule has 0 aromatic heterocycles. The van der Waals surface area contributed by atoms with Crippen molar-refractivity contribution in [3.63, 3.8) is 0 Å². The van der Waals surface area contributed by atoms with Crippen molar-refractivity contribution in [3.05, 3.63) is 29.0 Å². The maximum Gasteiger partial charge on any atom is 0.124 e. The molecule has 0 bridgehead atoms. The van der Waals surface area contributed by atoms with Crippen LogP contribution in [-0.2, 0) is 9.47 Å². The summed E-state index contributed by atoms with van der Waals surface area (Å²) in [5.74, 6) is -0.312. The maximum absolute atomic E-state index is 13.1. The standard InChI is InChI=1S/C15H19ClFNO2/c16-13-9-11(17)1-2-14(13)18-12-3-6-20-15(10-12)4-7-19-8-5-15/h1-2,9,12,18H,3-8,10H2. The van der Waals surface area contributed by atoms with E-state index in [2.05, 4.69) is 5.32 Å². The minimum Gasteiger partial charge on any atom is -0.381 e. The Balaban J connectivity index is 1.68. The fourth-order valence-electron chi connectivity index (χ4n) is 3.07. The van der Waals surface area contributed by atoms with Crippen LogP contribution in [0.15, 0.2) is 18.2 Å². The minimum absolute atomic E-state index is 0.0549. The zero-order chi connectivity index (χ0) is 14.0. The number of halogens is 2. The molecule has 0 aliphatic carbocycles. The summed E-state index contributed by atoms with van der Waals surface area (Å²) in [6.07, 6.45) is 3.78. The summed E-state index contributed by atoms with van der Waals surface area (Å²) < 4.78 is 24.5. The van der Waals surface area contributed by atoms with Crippen molar-refractivity contribution in [1.29, 1.82) is 0 Å². The van der Waals surface area contributed by atoms with Gasteiger partial charge in [0.2, 0.25) is 0 Å². The van der Waals surface area contributed by atoms with Gasteiger partial charge in [-0.15, -0.1) is 0 Å². The van der Waals surface area contributed by atoms with Crippen molar-refractivity contribution in [2.45, 2.75) is 37.3 Å². The fourth-order valence-corrected chi connectivity index (χ4v) is 3.29. The molecule has 5 heteroatoms. The van der Waals surface area contributed by atoms with Gasteiger partial charge in [-0.1, -0.05) is 11.6 Å². The molecular formula is C15H19ClFNO2. The molecule has 2 aliphatic rings. The predicted molar refractivity (Wildman–Crippen MR) is 76.8 cm³/mol. The number of hydrogen-bond acceptors (Lipinski definition) is 3. The van der Waals surface area contributed by atoms with Crippen LogP contribution in [0.2, 0.25) is 5.02 Å². The Kier molecular flexibility index (Phi) is 4.15.